The molecule has 4 rings (SSSR count). The molecule has 1 amide bonds. The summed E-state index contributed by atoms with van der Waals surface area (Å²) < 4.78 is 36.6. The molecule has 148 valence electrons. The highest BCUT2D eigenvalue weighted by atomic mass is 35.5. The van der Waals surface area contributed by atoms with E-state index in [1.807, 2.05) is 22.8 Å². The predicted molar refractivity (Wildman–Crippen MR) is 103 cm³/mol. The first-order valence-corrected chi connectivity index (χ1v) is 8.89. The lowest BCUT2D eigenvalue weighted by Gasteiger charge is -2.04. The van der Waals surface area contributed by atoms with Crippen LogP contribution in [-0.2, 0) is 11.3 Å². The number of amides is 1. The minimum atomic E-state index is -3.67. The minimum absolute atomic E-state index is 0.0538. The summed E-state index contributed by atoms with van der Waals surface area (Å²) in [5, 5.41) is 3.28. The molecule has 0 aliphatic carbocycles. The molecule has 0 radical (unpaired) electrons. The second kappa shape index (κ2) is 7.56. The van der Waals surface area contributed by atoms with Crippen LogP contribution in [0.15, 0.2) is 61.1 Å². The fraction of sp³-hybridized carbons (Fsp3) is 0.100. The van der Waals surface area contributed by atoms with Gasteiger partial charge < -0.3 is 19.4 Å². The van der Waals surface area contributed by atoms with Crippen molar-refractivity contribution in [3.63, 3.8) is 0 Å². The molecule has 0 saturated heterocycles. The molecule has 6 nitrogen and oxygen atoms in total. The van der Waals surface area contributed by atoms with Crippen molar-refractivity contribution in [2.24, 2.45) is 0 Å². The number of nitrogens with zero attached hydrogens (tertiary/aromatic N) is 2. The van der Waals surface area contributed by atoms with Gasteiger partial charge in [0, 0.05) is 23.8 Å². The topological polar surface area (TPSA) is 65.4 Å². The van der Waals surface area contributed by atoms with Crippen LogP contribution in [-0.4, -0.2) is 21.8 Å². The number of carbonyl (C=O) groups excluding carboxylic acids is 1. The molecule has 3 aromatic rings. The van der Waals surface area contributed by atoms with E-state index in [-0.39, 0.29) is 11.5 Å². The molecule has 0 saturated carbocycles. The molecule has 0 bridgehead atoms. The molecule has 1 aliphatic rings. The number of anilines is 1. The maximum absolute atomic E-state index is 13.0. The van der Waals surface area contributed by atoms with Gasteiger partial charge in [-0.3, -0.25) is 4.79 Å². The number of ether oxygens (including phenoxy) is 2. The Morgan fingerprint density at radius 1 is 1.21 bits per heavy atom. The van der Waals surface area contributed by atoms with Crippen molar-refractivity contribution in [2.45, 2.75) is 12.8 Å². The Labute approximate surface area is 169 Å². The van der Waals surface area contributed by atoms with Crippen molar-refractivity contribution in [3.05, 3.63) is 77.2 Å². The van der Waals surface area contributed by atoms with Gasteiger partial charge in [0.1, 0.15) is 0 Å². The number of aromatic nitrogens is 2. The van der Waals surface area contributed by atoms with E-state index in [0.717, 1.165) is 5.56 Å². The molecule has 29 heavy (non-hydrogen) atoms. The molecule has 0 fully saturated rings. The van der Waals surface area contributed by atoms with Crippen LogP contribution < -0.4 is 14.8 Å². The lowest BCUT2D eigenvalue weighted by Crippen LogP contribution is -2.25. The number of alkyl halides is 2. The molecule has 1 N–H and O–H groups in total. The van der Waals surface area contributed by atoms with E-state index in [9.17, 15) is 13.6 Å². The Bertz CT molecular complexity index is 1100. The molecule has 1 aromatic heterocycles. The van der Waals surface area contributed by atoms with E-state index in [1.165, 1.54) is 30.4 Å². The SMILES string of the molecule is O=C(/C=C/c1ccc2c(c1)OC(F)(F)O2)Nc1cn(Cc2cccc(Cl)c2)cn1. The smallest absolute Gasteiger partial charge is 0.395 e. The van der Waals surface area contributed by atoms with Gasteiger partial charge in [0.2, 0.25) is 5.91 Å². The normalized spacial score (nSPS) is 14.3. The van der Waals surface area contributed by atoms with Crippen LogP contribution in [0.4, 0.5) is 14.6 Å². The van der Waals surface area contributed by atoms with Crippen LogP contribution in [0.5, 0.6) is 11.5 Å². The zero-order valence-electron chi connectivity index (χ0n) is 14.8. The summed E-state index contributed by atoms with van der Waals surface area (Å²) in [6.45, 7) is 0.557. The summed E-state index contributed by atoms with van der Waals surface area (Å²) >= 11 is 5.97. The zero-order chi connectivity index (χ0) is 20.4. The molecular formula is C20H14ClF2N3O3. The first-order valence-electron chi connectivity index (χ1n) is 8.51. The van der Waals surface area contributed by atoms with Gasteiger partial charge in [0.15, 0.2) is 17.3 Å². The van der Waals surface area contributed by atoms with E-state index in [1.54, 1.807) is 18.6 Å². The maximum atomic E-state index is 13.0. The van der Waals surface area contributed by atoms with Crippen molar-refractivity contribution in [3.8, 4) is 11.5 Å². The molecule has 1 aliphatic heterocycles. The second-order valence-corrected chi connectivity index (χ2v) is 6.69. The Morgan fingerprint density at radius 3 is 2.86 bits per heavy atom. The number of halogens is 3. The fourth-order valence-corrected chi connectivity index (χ4v) is 2.98. The molecule has 2 heterocycles. The standard InChI is InChI=1S/C20H14ClF2N3O3/c21-15-3-1-2-14(8-15)10-26-11-18(24-12-26)25-19(27)7-5-13-4-6-16-17(9-13)29-20(22,23)28-16/h1-9,11-12H,10H2,(H,25,27)/b7-5+. The first kappa shape index (κ1) is 18.9. The first-order chi connectivity index (χ1) is 13.9. The van der Waals surface area contributed by atoms with Crippen molar-refractivity contribution in [1.29, 1.82) is 0 Å². The van der Waals surface area contributed by atoms with Crippen LogP contribution in [0.3, 0.4) is 0 Å². The van der Waals surface area contributed by atoms with Crippen molar-refractivity contribution in [1.82, 2.24) is 9.55 Å². The predicted octanol–water partition coefficient (Wildman–Crippen LogP) is 4.56. The summed E-state index contributed by atoms with van der Waals surface area (Å²) in [5.74, 6) is -0.174. The Hall–Kier alpha value is -3.39. The molecular weight excluding hydrogens is 404 g/mol. The summed E-state index contributed by atoms with van der Waals surface area (Å²) in [6, 6.07) is 11.7. The van der Waals surface area contributed by atoms with E-state index in [2.05, 4.69) is 19.8 Å². The zero-order valence-corrected chi connectivity index (χ0v) is 15.6. The summed E-state index contributed by atoms with van der Waals surface area (Å²) in [4.78, 5) is 16.2. The van der Waals surface area contributed by atoms with Crippen LogP contribution in [0.1, 0.15) is 11.1 Å². The maximum Gasteiger partial charge on any atom is 0.586 e. The van der Waals surface area contributed by atoms with E-state index >= 15 is 0 Å². The lowest BCUT2D eigenvalue weighted by molar-refractivity contribution is -0.286. The molecule has 0 spiro atoms. The quantitative estimate of drug-likeness (QED) is 0.618. The fourth-order valence-electron chi connectivity index (χ4n) is 2.77. The molecule has 2 aromatic carbocycles. The molecule has 0 unspecified atom stereocenters. The summed E-state index contributed by atoms with van der Waals surface area (Å²) in [7, 11) is 0. The van der Waals surface area contributed by atoms with Crippen LogP contribution in [0.25, 0.3) is 6.08 Å². The Morgan fingerprint density at radius 2 is 2.03 bits per heavy atom. The Kier molecular flexibility index (Phi) is 4.94. The largest absolute Gasteiger partial charge is 0.586 e. The number of benzene rings is 2. The molecule has 0 atom stereocenters. The van der Waals surface area contributed by atoms with Gasteiger partial charge in [-0.1, -0.05) is 29.8 Å². The highest BCUT2D eigenvalue weighted by Crippen LogP contribution is 2.41. The van der Waals surface area contributed by atoms with E-state index in [4.69, 9.17) is 11.6 Å². The minimum Gasteiger partial charge on any atom is -0.395 e. The number of hydrogen-bond acceptors (Lipinski definition) is 4. The van der Waals surface area contributed by atoms with Gasteiger partial charge in [0.25, 0.3) is 0 Å². The summed E-state index contributed by atoms with van der Waals surface area (Å²) in [5.41, 5.74) is 1.51. The lowest BCUT2D eigenvalue weighted by atomic mass is 10.2. The summed E-state index contributed by atoms with van der Waals surface area (Å²) in [6.07, 6.45) is 2.35. The number of carbonyl (C=O) groups is 1. The molecule has 9 heteroatoms. The number of hydrogen-bond donors (Lipinski definition) is 1. The average molecular weight is 418 g/mol. The monoisotopic (exact) mass is 417 g/mol. The van der Waals surface area contributed by atoms with Gasteiger partial charge in [-0.2, -0.15) is 0 Å². The van der Waals surface area contributed by atoms with Gasteiger partial charge in [-0.15, -0.1) is 8.78 Å². The number of nitrogens with one attached hydrogen (secondary N) is 1. The van der Waals surface area contributed by atoms with Crippen LogP contribution in [0.2, 0.25) is 5.02 Å². The van der Waals surface area contributed by atoms with Crippen molar-refractivity contribution < 1.29 is 23.0 Å². The van der Waals surface area contributed by atoms with Gasteiger partial charge in [-0.05, 0) is 41.5 Å². The third-order valence-electron chi connectivity index (χ3n) is 3.99. The van der Waals surface area contributed by atoms with Crippen molar-refractivity contribution in [2.75, 3.05) is 5.32 Å². The van der Waals surface area contributed by atoms with Crippen molar-refractivity contribution >= 4 is 29.4 Å². The van der Waals surface area contributed by atoms with Gasteiger partial charge in [0.05, 0.1) is 6.33 Å². The van der Waals surface area contributed by atoms with Crippen LogP contribution in [0, 0.1) is 0 Å². The number of fused-ring (bicyclic) bond motifs is 1. The van der Waals surface area contributed by atoms with E-state index in [0.29, 0.717) is 22.9 Å². The highest BCUT2D eigenvalue weighted by molar-refractivity contribution is 6.30. The van der Waals surface area contributed by atoms with E-state index < -0.39 is 12.2 Å². The third-order valence-corrected chi connectivity index (χ3v) is 4.23. The highest BCUT2D eigenvalue weighted by Gasteiger charge is 2.43. The Balaban J connectivity index is 1.36. The average Bonchev–Trinajstić information content (AvgIpc) is 3.21. The second-order valence-electron chi connectivity index (χ2n) is 6.26. The van der Waals surface area contributed by atoms with Crippen LogP contribution >= 0.6 is 11.6 Å². The van der Waals surface area contributed by atoms with Gasteiger partial charge in [-0.25, -0.2) is 4.98 Å². The number of rotatable bonds is 5. The van der Waals surface area contributed by atoms with Gasteiger partial charge >= 0.3 is 6.29 Å². The number of imidazole rings is 1. The third kappa shape index (κ3) is 4.72.